The average Bonchev–Trinajstić information content (AvgIpc) is 2.85. The van der Waals surface area contributed by atoms with Crippen LogP contribution >= 0.6 is 0 Å². The number of urea groups is 1. The van der Waals surface area contributed by atoms with Crippen LogP contribution in [0.25, 0.3) is 0 Å². The van der Waals surface area contributed by atoms with Crippen LogP contribution in [0, 0.1) is 0 Å². The summed E-state index contributed by atoms with van der Waals surface area (Å²) in [5.74, 6) is 1.41. The van der Waals surface area contributed by atoms with Gasteiger partial charge in [-0.25, -0.2) is 4.79 Å². The van der Waals surface area contributed by atoms with E-state index in [0.717, 1.165) is 0 Å². The van der Waals surface area contributed by atoms with Gasteiger partial charge in [0.1, 0.15) is 0 Å². The molecule has 0 bridgehead atoms. The van der Waals surface area contributed by atoms with E-state index in [-0.39, 0.29) is 24.6 Å². The number of aliphatic hydroxyl groups is 1. The van der Waals surface area contributed by atoms with Crippen LogP contribution in [0.15, 0.2) is 4.52 Å². The molecule has 1 unspecified atom stereocenters. The fourth-order valence-corrected chi connectivity index (χ4v) is 1.33. The van der Waals surface area contributed by atoms with Crippen molar-refractivity contribution in [3.05, 3.63) is 11.7 Å². The highest BCUT2D eigenvalue weighted by atomic mass is 16.5. The van der Waals surface area contributed by atoms with Crippen molar-refractivity contribution in [1.82, 2.24) is 20.4 Å². The summed E-state index contributed by atoms with van der Waals surface area (Å²) in [5.41, 5.74) is 0. The molecular formula is C12H22N4O3. The Morgan fingerprint density at radius 2 is 2.16 bits per heavy atom. The third kappa shape index (κ3) is 4.51. The zero-order chi connectivity index (χ0) is 14.4. The molecule has 7 heteroatoms. The van der Waals surface area contributed by atoms with E-state index >= 15 is 0 Å². The van der Waals surface area contributed by atoms with Crippen LogP contribution in [0.2, 0.25) is 0 Å². The van der Waals surface area contributed by atoms with Gasteiger partial charge in [-0.1, -0.05) is 19.0 Å². The Balaban J connectivity index is 2.35. The first-order valence-electron chi connectivity index (χ1n) is 6.39. The SMILES string of the molecule is CC(C)c1noc(CCNC(=O)N(C)C(C)CO)n1. The topological polar surface area (TPSA) is 91.5 Å². The highest BCUT2D eigenvalue weighted by Gasteiger charge is 2.15. The van der Waals surface area contributed by atoms with Crippen LogP contribution in [0.1, 0.15) is 38.4 Å². The summed E-state index contributed by atoms with van der Waals surface area (Å²) in [5, 5.41) is 15.5. The van der Waals surface area contributed by atoms with Crippen molar-refractivity contribution in [3.8, 4) is 0 Å². The molecule has 0 aromatic carbocycles. The number of amides is 2. The highest BCUT2D eigenvalue weighted by Crippen LogP contribution is 2.09. The number of nitrogens with one attached hydrogen (secondary N) is 1. The molecule has 0 aliphatic rings. The van der Waals surface area contributed by atoms with E-state index in [9.17, 15) is 4.79 Å². The Morgan fingerprint density at radius 3 is 2.68 bits per heavy atom. The first kappa shape index (κ1) is 15.4. The highest BCUT2D eigenvalue weighted by molar-refractivity contribution is 5.74. The van der Waals surface area contributed by atoms with E-state index in [1.54, 1.807) is 14.0 Å². The number of nitrogens with zero attached hydrogens (tertiary/aromatic N) is 3. The van der Waals surface area contributed by atoms with Crippen LogP contribution in [0.5, 0.6) is 0 Å². The second-order valence-corrected chi connectivity index (χ2v) is 4.83. The standard InChI is InChI=1S/C12H22N4O3/c1-8(2)11-14-10(19-15-11)5-6-13-12(18)16(4)9(3)7-17/h8-9,17H,5-7H2,1-4H3,(H,13,18). The molecule has 0 saturated carbocycles. The molecule has 0 radical (unpaired) electrons. The molecule has 2 N–H and O–H groups in total. The molecule has 0 aliphatic heterocycles. The summed E-state index contributed by atoms with van der Waals surface area (Å²) in [6, 6.07) is -0.443. The number of aliphatic hydroxyl groups excluding tert-OH is 1. The molecule has 1 aromatic heterocycles. The van der Waals surface area contributed by atoms with E-state index in [0.29, 0.717) is 24.7 Å². The molecule has 1 aromatic rings. The van der Waals surface area contributed by atoms with Crippen LogP contribution < -0.4 is 5.32 Å². The van der Waals surface area contributed by atoms with Gasteiger partial charge in [0, 0.05) is 25.9 Å². The smallest absolute Gasteiger partial charge is 0.317 e. The Hall–Kier alpha value is -1.63. The molecule has 1 atom stereocenters. The van der Waals surface area contributed by atoms with E-state index in [2.05, 4.69) is 15.5 Å². The van der Waals surface area contributed by atoms with E-state index < -0.39 is 0 Å². The summed E-state index contributed by atoms with van der Waals surface area (Å²) in [6.07, 6.45) is 0.493. The van der Waals surface area contributed by atoms with Gasteiger partial charge in [-0.15, -0.1) is 0 Å². The van der Waals surface area contributed by atoms with Crippen molar-refractivity contribution < 1.29 is 14.4 Å². The van der Waals surface area contributed by atoms with E-state index in [1.165, 1.54) is 4.90 Å². The van der Waals surface area contributed by atoms with Gasteiger partial charge in [0.15, 0.2) is 5.82 Å². The lowest BCUT2D eigenvalue weighted by Crippen LogP contribution is -2.44. The first-order chi connectivity index (χ1) is 8.95. The second-order valence-electron chi connectivity index (χ2n) is 4.83. The molecule has 1 heterocycles. The van der Waals surface area contributed by atoms with Gasteiger partial charge in [0.2, 0.25) is 5.89 Å². The van der Waals surface area contributed by atoms with Gasteiger partial charge >= 0.3 is 6.03 Å². The Labute approximate surface area is 113 Å². The monoisotopic (exact) mass is 270 g/mol. The third-order valence-corrected chi connectivity index (χ3v) is 2.86. The number of carbonyl (C=O) groups is 1. The minimum Gasteiger partial charge on any atom is -0.394 e. The van der Waals surface area contributed by atoms with Gasteiger partial charge in [-0.05, 0) is 6.92 Å². The van der Waals surface area contributed by atoms with E-state index in [4.69, 9.17) is 9.63 Å². The maximum absolute atomic E-state index is 11.7. The lowest BCUT2D eigenvalue weighted by Gasteiger charge is -2.23. The summed E-state index contributed by atoms with van der Waals surface area (Å²) < 4.78 is 5.07. The predicted molar refractivity (Wildman–Crippen MR) is 69.8 cm³/mol. The zero-order valence-electron chi connectivity index (χ0n) is 11.9. The molecule has 108 valence electrons. The Bertz CT molecular complexity index is 405. The van der Waals surface area contributed by atoms with Crippen molar-refractivity contribution in [2.45, 2.75) is 39.2 Å². The molecule has 0 aliphatic carbocycles. The summed E-state index contributed by atoms with van der Waals surface area (Å²) in [6.45, 7) is 6.10. The van der Waals surface area contributed by atoms with Crippen molar-refractivity contribution in [2.75, 3.05) is 20.2 Å². The number of rotatable bonds is 6. The molecule has 1 rings (SSSR count). The molecule has 0 fully saturated rings. The number of carbonyl (C=O) groups excluding carboxylic acids is 1. The van der Waals surface area contributed by atoms with Gasteiger partial charge in [-0.2, -0.15) is 4.98 Å². The minimum atomic E-state index is -0.231. The summed E-state index contributed by atoms with van der Waals surface area (Å²) in [4.78, 5) is 17.4. The summed E-state index contributed by atoms with van der Waals surface area (Å²) in [7, 11) is 1.64. The third-order valence-electron chi connectivity index (χ3n) is 2.86. The first-order valence-corrected chi connectivity index (χ1v) is 6.39. The number of hydrogen-bond donors (Lipinski definition) is 2. The lowest BCUT2D eigenvalue weighted by molar-refractivity contribution is 0.157. The van der Waals surface area contributed by atoms with Gasteiger partial charge in [0.25, 0.3) is 0 Å². The van der Waals surface area contributed by atoms with E-state index in [1.807, 2.05) is 13.8 Å². The maximum atomic E-state index is 11.7. The Kier molecular flexibility index (Phi) is 5.75. The van der Waals surface area contributed by atoms with Crippen LogP contribution in [-0.2, 0) is 6.42 Å². The number of likely N-dealkylation sites (N-methyl/N-ethyl adjacent to an activating group) is 1. The molecule has 0 saturated heterocycles. The fourth-order valence-electron chi connectivity index (χ4n) is 1.33. The molecular weight excluding hydrogens is 248 g/mol. The normalized spacial score (nSPS) is 12.5. The van der Waals surface area contributed by atoms with Gasteiger partial charge < -0.3 is 19.8 Å². The van der Waals surface area contributed by atoms with Crippen LogP contribution in [-0.4, -0.2) is 52.4 Å². The quantitative estimate of drug-likeness (QED) is 0.796. The van der Waals surface area contributed by atoms with Gasteiger partial charge in [-0.3, -0.25) is 0 Å². The molecule has 7 nitrogen and oxygen atoms in total. The van der Waals surface area contributed by atoms with Crippen molar-refractivity contribution in [2.24, 2.45) is 0 Å². The number of aromatic nitrogens is 2. The van der Waals surface area contributed by atoms with Crippen molar-refractivity contribution >= 4 is 6.03 Å². The average molecular weight is 270 g/mol. The fraction of sp³-hybridized carbons (Fsp3) is 0.750. The number of hydrogen-bond acceptors (Lipinski definition) is 5. The van der Waals surface area contributed by atoms with Crippen molar-refractivity contribution in [1.29, 1.82) is 0 Å². The van der Waals surface area contributed by atoms with Crippen LogP contribution in [0.3, 0.4) is 0 Å². The zero-order valence-corrected chi connectivity index (χ0v) is 11.9. The Morgan fingerprint density at radius 1 is 1.47 bits per heavy atom. The summed E-state index contributed by atoms with van der Waals surface area (Å²) >= 11 is 0. The van der Waals surface area contributed by atoms with Crippen LogP contribution in [0.4, 0.5) is 4.79 Å². The molecule has 19 heavy (non-hydrogen) atoms. The maximum Gasteiger partial charge on any atom is 0.317 e. The lowest BCUT2D eigenvalue weighted by atomic mass is 10.2. The minimum absolute atomic E-state index is 0.0642. The van der Waals surface area contributed by atoms with Gasteiger partial charge in [0.05, 0.1) is 12.6 Å². The molecule has 2 amide bonds. The second kappa shape index (κ2) is 7.08. The predicted octanol–water partition coefficient (Wildman–Crippen LogP) is 0.758. The molecule has 0 spiro atoms. The largest absolute Gasteiger partial charge is 0.394 e. The van der Waals surface area contributed by atoms with Crippen molar-refractivity contribution in [3.63, 3.8) is 0 Å².